The van der Waals surface area contributed by atoms with Crippen molar-refractivity contribution in [3.05, 3.63) is 53.6 Å². The fourth-order valence-corrected chi connectivity index (χ4v) is 3.84. The zero-order chi connectivity index (χ0) is 20.0. The second-order valence-corrected chi connectivity index (χ2v) is 7.82. The van der Waals surface area contributed by atoms with Crippen molar-refractivity contribution in [2.45, 2.75) is 24.8 Å². The highest BCUT2D eigenvalue weighted by molar-refractivity contribution is 7.89. The summed E-state index contributed by atoms with van der Waals surface area (Å²) in [7, 11) is -0.827. The van der Waals surface area contributed by atoms with E-state index < -0.39 is 16.1 Å². The van der Waals surface area contributed by atoms with Gasteiger partial charge < -0.3 is 14.8 Å². The predicted octanol–water partition coefficient (Wildman–Crippen LogP) is 2.57. The number of amides is 1. The molecule has 1 amide bonds. The highest BCUT2D eigenvalue weighted by atomic mass is 32.2. The van der Waals surface area contributed by atoms with Gasteiger partial charge in [-0.15, -0.1) is 0 Å². The van der Waals surface area contributed by atoms with E-state index in [9.17, 15) is 13.2 Å². The fourth-order valence-electron chi connectivity index (χ4n) is 2.59. The van der Waals surface area contributed by atoms with Crippen LogP contribution in [0, 0.1) is 6.92 Å². The summed E-state index contributed by atoms with van der Waals surface area (Å²) in [5.41, 5.74) is 1.58. The Morgan fingerprint density at radius 1 is 1.15 bits per heavy atom. The third-order valence-electron chi connectivity index (χ3n) is 3.89. The Bertz CT molecular complexity index is 912. The van der Waals surface area contributed by atoms with Crippen molar-refractivity contribution in [3.63, 3.8) is 0 Å². The van der Waals surface area contributed by atoms with Gasteiger partial charge in [-0.1, -0.05) is 18.2 Å². The standard InChI is InChI=1S/C19H24N2O5S/c1-13-7-5-6-8-16(13)19(22)20-17-11-15(9-10-18(17)26-4)27(23,24)21-14(2)12-25-3/h5-11,14,21H,12H2,1-4H3,(H,20,22)/t14-/m1/s1. The summed E-state index contributed by atoms with van der Waals surface area (Å²) in [4.78, 5) is 12.6. The lowest BCUT2D eigenvalue weighted by Crippen LogP contribution is -2.35. The highest BCUT2D eigenvalue weighted by Gasteiger charge is 2.20. The first kappa shape index (κ1) is 20.9. The van der Waals surface area contributed by atoms with Gasteiger partial charge in [0.25, 0.3) is 5.91 Å². The lowest BCUT2D eigenvalue weighted by Gasteiger charge is -2.16. The quantitative estimate of drug-likeness (QED) is 0.720. The molecule has 0 fully saturated rings. The number of aryl methyl sites for hydroxylation is 1. The minimum atomic E-state index is -3.77. The first-order chi connectivity index (χ1) is 12.8. The van der Waals surface area contributed by atoms with Gasteiger partial charge in [-0.05, 0) is 43.7 Å². The molecule has 0 saturated carbocycles. The largest absolute Gasteiger partial charge is 0.495 e. The van der Waals surface area contributed by atoms with E-state index in [-0.39, 0.29) is 23.1 Å². The van der Waals surface area contributed by atoms with Gasteiger partial charge in [-0.25, -0.2) is 13.1 Å². The highest BCUT2D eigenvalue weighted by Crippen LogP contribution is 2.28. The van der Waals surface area contributed by atoms with Crippen LogP contribution in [0.1, 0.15) is 22.8 Å². The van der Waals surface area contributed by atoms with E-state index in [1.54, 1.807) is 19.1 Å². The van der Waals surface area contributed by atoms with Crippen LogP contribution in [0.2, 0.25) is 0 Å². The molecule has 2 rings (SSSR count). The van der Waals surface area contributed by atoms with E-state index >= 15 is 0 Å². The number of hydrogen-bond acceptors (Lipinski definition) is 5. The Morgan fingerprint density at radius 2 is 1.85 bits per heavy atom. The Morgan fingerprint density at radius 3 is 2.48 bits per heavy atom. The van der Waals surface area contributed by atoms with E-state index in [4.69, 9.17) is 9.47 Å². The predicted molar refractivity (Wildman–Crippen MR) is 104 cm³/mol. The first-order valence-corrected chi connectivity index (χ1v) is 9.83. The van der Waals surface area contributed by atoms with E-state index in [0.29, 0.717) is 11.3 Å². The Balaban J connectivity index is 2.32. The summed E-state index contributed by atoms with van der Waals surface area (Å²) < 4.78 is 37.8. The molecule has 27 heavy (non-hydrogen) atoms. The molecule has 0 spiro atoms. The van der Waals surface area contributed by atoms with Crippen molar-refractivity contribution < 1.29 is 22.7 Å². The molecule has 0 aliphatic carbocycles. The third-order valence-corrected chi connectivity index (χ3v) is 5.48. The number of ether oxygens (including phenoxy) is 2. The maximum Gasteiger partial charge on any atom is 0.256 e. The molecule has 2 aromatic rings. The smallest absolute Gasteiger partial charge is 0.256 e. The molecular formula is C19H24N2O5S. The molecule has 146 valence electrons. The van der Waals surface area contributed by atoms with E-state index in [0.717, 1.165) is 5.56 Å². The van der Waals surface area contributed by atoms with Gasteiger partial charge in [0, 0.05) is 18.7 Å². The minimum Gasteiger partial charge on any atom is -0.495 e. The second-order valence-electron chi connectivity index (χ2n) is 6.11. The number of carbonyl (C=O) groups excluding carboxylic acids is 1. The normalized spacial score (nSPS) is 12.4. The molecule has 0 heterocycles. The van der Waals surface area contributed by atoms with Gasteiger partial charge in [0.05, 0.1) is 24.3 Å². The maximum absolute atomic E-state index is 12.6. The summed E-state index contributed by atoms with van der Waals surface area (Å²) in [6.45, 7) is 3.77. The summed E-state index contributed by atoms with van der Waals surface area (Å²) >= 11 is 0. The van der Waals surface area contributed by atoms with Gasteiger partial charge >= 0.3 is 0 Å². The maximum atomic E-state index is 12.6. The topological polar surface area (TPSA) is 93.7 Å². The van der Waals surface area contributed by atoms with Crippen LogP contribution in [0.4, 0.5) is 5.69 Å². The summed E-state index contributed by atoms with van der Waals surface area (Å²) in [5.74, 6) is 0.0162. The van der Waals surface area contributed by atoms with Crippen molar-refractivity contribution in [2.75, 3.05) is 26.1 Å². The lowest BCUT2D eigenvalue weighted by atomic mass is 10.1. The van der Waals surface area contributed by atoms with Gasteiger partial charge in [-0.2, -0.15) is 0 Å². The molecule has 0 aromatic heterocycles. The van der Waals surface area contributed by atoms with Crippen molar-refractivity contribution in [2.24, 2.45) is 0 Å². The van der Waals surface area contributed by atoms with Crippen molar-refractivity contribution >= 4 is 21.6 Å². The molecule has 0 aliphatic rings. The van der Waals surface area contributed by atoms with Crippen LogP contribution in [-0.2, 0) is 14.8 Å². The zero-order valence-corrected chi connectivity index (χ0v) is 16.6. The molecule has 0 aliphatic heterocycles. The van der Waals surface area contributed by atoms with E-state index in [1.807, 2.05) is 19.1 Å². The Hall–Kier alpha value is -2.42. The molecular weight excluding hydrogens is 368 g/mol. The molecule has 2 N–H and O–H groups in total. The molecule has 0 saturated heterocycles. The van der Waals surface area contributed by atoms with Crippen LogP contribution < -0.4 is 14.8 Å². The summed E-state index contributed by atoms with van der Waals surface area (Å²) in [6.07, 6.45) is 0. The van der Waals surface area contributed by atoms with Crippen molar-refractivity contribution in [1.82, 2.24) is 4.72 Å². The zero-order valence-electron chi connectivity index (χ0n) is 15.8. The van der Waals surface area contributed by atoms with Gasteiger partial charge in [0.2, 0.25) is 10.0 Å². The third kappa shape index (κ3) is 5.29. The van der Waals surface area contributed by atoms with Crippen LogP contribution >= 0.6 is 0 Å². The fraction of sp³-hybridized carbons (Fsp3) is 0.316. The molecule has 7 nitrogen and oxygen atoms in total. The number of sulfonamides is 1. The van der Waals surface area contributed by atoms with Crippen LogP contribution in [0.3, 0.4) is 0 Å². The lowest BCUT2D eigenvalue weighted by molar-refractivity contribution is 0.102. The van der Waals surface area contributed by atoms with Crippen molar-refractivity contribution in [3.8, 4) is 5.75 Å². The van der Waals surface area contributed by atoms with Crippen molar-refractivity contribution in [1.29, 1.82) is 0 Å². The molecule has 0 radical (unpaired) electrons. The van der Waals surface area contributed by atoms with Crippen LogP contribution in [0.15, 0.2) is 47.4 Å². The molecule has 1 atom stereocenters. The van der Waals surface area contributed by atoms with Gasteiger partial charge in [0.15, 0.2) is 0 Å². The van der Waals surface area contributed by atoms with E-state index in [1.165, 1.54) is 32.4 Å². The SMILES string of the molecule is COC[C@@H](C)NS(=O)(=O)c1ccc(OC)c(NC(=O)c2ccccc2C)c1. The summed E-state index contributed by atoms with van der Waals surface area (Å²) in [6, 6.07) is 11.0. The number of anilines is 1. The summed E-state index contributed by atoms with van der Waals surface area (Å²) in [5, 5.41) is 2.73. The monoisotopic (exact) mass is 392 g/mol. The van der Waals surface area contributed by atoms with Crippen LogP contribution in [-0.4, -0.2) is 41.2 Å². The number of benzene rings is 2. The molecule has 2 aromatic carbocycles. The first-order valence-electron chi connectivity index (χ1n) is 8.34. The van der Waals surface area contributed by atoms with Gasteiger partial charge in [-0.3, -0.25) is 4.79 Å². The number of hydrogen-bond donors (Lipinski definition) is 2. The number of methoxy groups -OCH3 is 2. The average molecular weight is 392 g/mol. The minimum absolute atomic E-state index is 0.0198. The molecule has 8 heteroatoms. The number of carbonyl (C=O) groups is 1. The van der Waals surface area contributed by atoms with E-state index in [2.05, 4.69) is 10.0 Å². The average Bonchev–Trinajstić information content (AvgIpc) is 2.61. The Kier molecular flexibility index (Phi) is 6.95. The van der Waals surface area contributed by atoms with Crippen LogP contribution in [0.5, 0.6) is 5.75 Å². The second kappa shape index (κ2) is 8.98. The Labute approximate surface area is 159 Å². The van der Waals surface area contributed by atoms with Gasteiger partial charge in [0.1, 0.15) is 5.75 Å². The molecule has 0 unspecified atom stereocenters. The number of rotatable bonds is 8. The number of nitrogens with one attached hydrogen (secondary N) is 2. The molecule has 0 bridgehead atoms. The van der Waals surface area contributed by atoms with Crippen LogP contribution in [0.25, 0.3) is 0 Å².